The first kappa shape index (κ1) is 15.2. The molecule has 0 spiro atoms. The number of aromatic nitrogens is 2. The second-order valence-electron chi connectivity index (χ2n) is 4.73. The van der Waals surface area contributed by atoms with Crippen molar-refractivity contribution in [3.8, 4) is 0 Å². The van der Waals surface area contributed by atoms with Crippen LogP contribution in [0.15, 0.2) is 27.0 Å². The first-order valence-electron chi connectivity index (χ1n) is 5.82. The fourth-order valence-electron chi connectivity index (χ4n) is 2.20. The molecule has 1 aromatic rings. The minimum atomic E-state index is -2.56. The number of hydrogen-bond acceptors (Lipinski definition) is 6. The van der Waals surface area contributed by atoms with Crippen molar-refractivity contribution in [3.63, 3.8) is 0 Å². The van der Waals surface area contributed by atoms with Gasteiger partial charge < -0.3 is 14.9 Å². The maximum atomic E-state index is 14.7. The van der Waals surface area contributed by atoms with Gasteiger partial charge in [-0.1, -0.05) is 5.11 Å². The third kappa shape index (κ3) is 2.21. The van der Waals surface area contributed by atoms with E-state index < -0.39 is 41.6 Å². The van der Waals surface area contributed by atoms with E-state index in [4.69, 9.17) is 10.3 Å². The summed E-state index contributed by atoms with van der Waals surface area (Å²) in [4.78, 5) is 27.0. The molecule has 0 amide bonds. The molecule has 1 aliphatic heterocycles. The number of rotatable bonds is 3. The molecular weight excluding hydrogens is 289 g/mol. The lowest BCUT2D eigenvalue weighted by Crippen LogP contribution is -2.48. The number of aliphatic hydroxyl groups excluding tert-OH is 2. The normalized spacial score (nSPS) is 35.4. The number of aliphatic hydroxyl groups is 2. The van der Waals surface area contributed by atoms with Gasteiger partial charge in [-0.15, -0.1) is 0 Å². The molecule has 0 saturated carbocycles. The van der Waals surface area contributed by atoms with Crippen LogP contribution in [0.5, 0.6) is 0 Å². The molecule has 11 heteroatoms. The van der Waals surface area contributed by atoms with Crippen LogP contribution in [-0.2, 0) is 4.74 Å². The third-order valence-electron chi connectivity index (χ3n) is 3.30. The minimum absolute atomic E-state index is 0.689. The van der Waals surface area contributed by atoms with Gasteiger partial charge in [0.1, 0.15) is 6.10 Å². The number of ether oxygens (including phenoxy) is 1. The molecule has 2 rings (SSSR count). The van der Waals surface area contributed by atoms with E-state index in [1.807, 2.05) is 4.98 Å². The number of nitrogens with one attached hydrogen (secondary N) is 1. The zero-order valence-electron chi connectivity index (χ0n) is 10.8. The van der Waals surface area contributed by atoms with Crippen LogP contribution in [0.4, 0.5) is 4.39 Å². The van der Waals surface area contributed by atoms with E-state index in [2.05, 4.69) is 10.0 Å². The highest BCUT2D eigenvalue weighted by molar-refractivity contribution is 5.07. The van der Waals surface area contributed by atoms with Crippen LogP contribution in [0, 0.1) is 0 Å². The summed E-state index contributed by atoms with van der Waals surface area (Å²) in [6, 6.07) is 0.958. The Morgan fingerprint density at radius 3 is 2.86 bits per heavy atom. The highest BCUT2D eigenvalue weighted by Crippen LogP contribution is 2.46. The maximum absolute atomic E-state index is 14.7. The van der Waals surface area contributed by atoms with E-state index in [1.165, 1.54) is 0 Å². The first-order chi connectivity index (χ1) is 9.78. The second kappa shape index (κ2) is 4.97. The maximum Gasteiger partial charge on any atom is 0.330 e. The summed E-state index contributed by atoms with van der Waals surface area (Å²) in [5.74, 6) is 0. The standard InChI is InChI=1S/C10H12FN5O5/c1-9(11)6(19)10(4-17,14-15-12)21-7(9)16-3-2-5(18)13-8(16)20/h2-3,6-7,17,19H,4H2,1H3,(H,13,18,20). The summed E-state index contributed by atoms with van der Waals surface area (Å²) >= 11 is 0. The molecule has 1 fully saturated rings. The van der Waals surface area contributed by atoms with Gasteiger partial charge in [-0.25, -0.2) is 9.18 Å². The number of aromatic amines is 1. The van der Waals surface area contributed by atoms with Gasteiger partial charge in [0, 0.05) is 17.2 Å². The van der Waals surface area contributed by atoms with Crippen molar-refractivity contribution in [2.45, 2.75) is 30.6 Å². The Balaban J connectivity index is 2.58. The molecule has 4 atom stereocenters. The van der Waals surface area contributed by atoms with Crippen LogP contribution in [0.1, 0.15) is 13.2 Å². The van der Waals surface area contributed by atoms with Crippen molar-refractivity contribution in [2.75, 3.05) is 6.61 Å². The Hall–Kier alpha value is -2.20. The van der Waals surface area contributed by atoms with Crippen LogP contribution < -0.4 is 11.2 Å². The third-order valence-corrected chi connectivity index (χ3v) is 3.30. The summed E-state index contributed by atoms with van der Waals surface area (Å²) in [5.41, 5.74) is 1.99. The van der Waals surface area contributed by atoms with Crippen molar-refractivity contribution < 1.29 is 19.3 Å². The Morgan fingerprint density at radius 1 is 1.67 bits per heavy atom. The SMILES string of the molecule is CC1(F)C(n2ccc(=O)[nH]c2=O)OC(CO)(N=[N+]=[N-])C1O. The molecule has 0 radical (unpaired) electrons. The van der Waals surface area contributed by atoms with E-state index in [0.29, 0.717) is 4.57 Å². The van der Waals surface area contributed by atoms with Gasteiger partial charge in [-0.05, 0) is 12.5 Å². The zero-order valence-corrected chi connectivity index (χ0v) is 10.8. The number of H-pyrrole nitrogens is 1. The predicted molar refractivity (Wildman–Crippen MR) is 65.9 cm³/mol. The fraction of sp³-hybridized carbons (Fsp3) is 0.600. The van der Waals surface area contributed by atoms with Gasteiger partial charge in [0.05, 0.1) is 6.61 Å². The largest absolute Gasteiger partial charge is 0.393 e. The smallest absolute Gasteiger partial charge is 0.330 e. The highest BCUT2D eigenvalue weighted by atomic mass is 19.1. The number of nitrogens with zero attached hydrogens (tertiary/aromatic N) is 4. The van der Waals surface area contributed by atoms with Crippen LogP contribution in [0.2, 0.25) is 0 Å². The molecule has 1 saturated heterocycles. The van der Waals surface area contributed by atoms with Crippen molar-refractivity contribution in [3.05, 3.63) is 43.5 Å². The highest BCUT2D eigenvalue weighted by Gasteiger charge is 2.63. The number of hydrogen-bond donors (Lipinski definition) is 3. The van der Waals surface area contributed by atoms with Gasteiger partial charge in [0.15, 0.2) is 11.9 Å². The van der Waals surface area contributed by atoms with Crippen LogP contribution in [0.25, 0.3) is 10.4 Å². The van der Waals surface area contributed by atoms with Crippen molar-refractivity contribution in [2.24, 2.45) is 5.11 Å². The average Bonchev–Trinajstić information content (AvgIpc) is 2.61. The molecule has 2 heterocycles. The summed E-state index contributed by atoms with van der Waals surface area (Å²) in [7, 11) is 0. The average molecular weight is 301 g/mol. The van der Waals surface area contributed by atoms with Crippen LogP contribution in [-0.4, -0.2) is 43.9 Å². The molecule has 1 aromatic heterocycles. The minimum Gasteiger partial charge on any atom is -0.393 e. The monoisotopic (exact) mass is 301 g/mol. The van der Waals surface area contributed by atoms with E-state index in [0.717, 1.165) is 19.2 Å². The molecule has 4 unspecified atom stereocenters. The molecule has 21 heavy (non-hydrogen) atoms. The van der Waals surface area contributed by atoms with Crippen molar-refractivity contribution in [1.29, 1.82) is 0 Å². The molecule has 1 aliphatic rings. The molecule has 3 N–H and O–H groups in total. The lowest BCUT2D eigenvalue weighted by atomic mass is 9.95. The fourth-order valence-corrected chi connectivity index (χ4v) is 2.20. The van der Waals surface area contributed by atoms with Gasteiger partial charge in [0.2, 0.25) is 5.72 Å². The Labute approximate surface area is 116 Å². The molecule has 0 bridgehead atoms. The van der Waals surface area contributed by atoms with Crippen LogP contribution in [0.3, 0.4) is 0 Å². The Morgan fingerprint density at radius 2 is 2.33 bits per heavy atom. The first-order valence-corrected chi connectivity index (χ1v) is 5.82. The van der Waals surface area contributed by atoms with Gasteiger partial charge >= 0.3 is 5.69 Å². The van der Waals surface area contributed by atoms with E-state index in [9.17, 15) is 24.2 Å². The number of azide groups is 1. The number of alkyl halides is 1. The number of halogens is 1. The summed E-state index contributed by atoms with van der Waals surface area (Å²) in [6.07, 6.45) is -2.75. The topological polar surface area (TPSA) is 153 Å². The van der Waals surface area contributed by atoms with Crippen molar-refractivity contribution >= 4 is 0 Å². The summed E-state index contributed by atoms with van der Waals surface area (Å²) < 4.78 is 20.5. The molecule has 0 aromatic carbocycles. The van der Waals surface area contributed by atoms with Gasteiger partial charge in [-0.3, -0.25) is 14.3 Å². The zero-order chi connectivity index (χ0) is 15.8. The quantitative estimate of drug-likeness (QED) is 0.377. The summed E-state index contributed by atoms with van der Waals surface area (Å²) in [6.45, 7) is -0.0729. The molecule has 114 valence electrons. The lowest BCUT2D eigenvalue weighted by molar-refractivity contribution is -0.125. The van der Waals surface area contributed by atoms with Gasteiger partial charge in [0.25, 0.3) is 5.56 Å². The second-order valence-corrected chi connectivity index (χ2v) is 4.73. The van der Waals surface area contributed by atoms with E-state index in [1.54, 1.807) is 0 Å². The molecular formula is C10H12FN5O5. The predicted octanol–water partition coefficient (Wildman–Crippen LogP) is -0.847. The van der Waals surface area contributed by atoms with Crippen LogP contribution >= 0.6 is 0 Å². The molecule has 10 nitrogen and oxygen atoms in total. The van der Waals surface area contributed by atoms with Crippen molar-refractivity contribution in [1.82, 2.24) is 9.55 Å². The Bertz CT molecular complexity index is 708. The lowest BCUT2D eigenvalue weighted by Gasteiger charge is -2.26. The Kier molecular flexibility index (Phi) is 3.59. The van der Waals surface area contributed by atoms with Gasteiger partial charge in [-0.2, -0.15) is 0 Å². The molecule has 0 aliphatic carbocycles. The van der Waals surface area contributed by atoms with E-state index >= 15 is 0 Å². The van der Waals surface area contributed by atoms with E-state index in [-0.39, 0.29) is 0 Å². The summed E-state index contributed by atoms with van der Waals surface area (Å²) in [5, 5.41) is 22.3.